The van der Waals surface area contributed by atoms with E-state index in [0.717, 1.165) is 63.4 Å². The molecule has 2 aromatic rings. The molecule has 1 saturated heterocycles. The Morgan fingerprint density at radius 3 is 2.28 bits per heavy atom. The second-order valence-electron chi connectivity index (χ2n) is 8.92. The molecule has 3 rings (SSSR count). The van der Waals surface area contributed by atoms with Gasteiger partial charge in [0.2, 0.25) is 0 Å². The molecule has 0 spiro atoms. The molecule has 1 N–H and O–H groups in total. The summed E-state index contributed by atoms with van der Waals surface area (Å²) in [6.45, 7) is 9.06. The number of hydrogen-bond donors (Lipinski definition) is 1. The van der Waals surface area contributed by atoms with Crippen molar-refractivity contribution in [2.45, 2.75) is 63.9 Å². The highest BCUT2D eigenvalue weighted by molar-refractivity contribution is 5.35. The molecule has 0 saturated carbocycles. The number of ether oxygens (including phenoxy) is 2. The van der Waals surface area contributed by atoms with E-state index in [2.05, 4.69) is 54.3 Å². The van der Waals surface area contributed by atoms with E-state index >= 15 is 0 Å². The number of nitrogens with zero attached hydrogens (tertiary/aromatic N) is 1. The van der Waals surface area contributed by atoms with Gasteiger partial charge in [-0.3, -0.25) is 4.90 Å². The van der Waals surface area contributed by atoms with Crippen LogP contribution in [0.2, 0.25) is 0 Å². The summed E-state index contributed by atoms with van der Waals surface area (Å²) in [5.41, 5.74) is 1.25. The van der Waals surface area contributed by atoms with Crippen LogP contribution in [0.1, 0.15) is 69.4 Å². The van der Waals surface area contributed by atoms with Crippen LogP contribution < -0.4 is 4.74 Å². The lowest BCUT2D eigenvalue weighted by molar-refractivity contribution is -0.0296. The Hall–Kier alpha value is -1.88. The van der Waals surface area contributed by atoms with Gasteiger partial charge in [-0.15, -0.1) is 0 Å². The minimum atomic E-state index is -0.934. The maximum atomic E-state index is 12.4. The van der Waals surface area contributed by atoms with Gasteiger partial charge in [0.05, 0.1) is 25.4 Å². The fraction of sp³-hybridized carbons (Fsp3) is 0.571. The Balaban J connectivity index is 1.91. The molecule has 0 aromatic heterocycles. The SMILES string of the molecule is CCCCCCC[C@](O)(c1ccc(OCC)cc1)[C@H](CN1CCOCC1)c1ccccc1. The molecule has 1 fully saturated rings. The second kappa shape index (κ2) is 13.0. The highest BCUT2D eigenvalue weighted by atomic mass is 16.5. The van der Waals surface area contributed by atoms with E-state index in [-0.39, 0.29) is 5.92 Å². The van der Waals surface area contributed by atoms with Gasteiger partial charge < -0.3 is 14.6 Å². The first-order valence-corrected chi connectivity index (χ1v) is 12.5. The Labute approximate surface area is 194 Å². The quantitative estimate of drug-likeness (QED) is 0.404. The number of hydrogen-bond acceptors (Lipinski definition) is 4. The van der Waals surface area contributed by atoms with Gasteiger partial charge in [0, 0.05) is 25.6 Å². The van der Waals surface area contributed by atoms with E-state index in [4.69, 9.17) is 9.47 Å². The number of unbranched alkanes of at least 4 members (excludes halogenated alkanes) is 4. The summed E-state index contributed by atoms with van der Waals surface area (Å²) in [6.07, 6.45) is 6.66. The fourth-order valence-electron chi connectivity index (χ4n) is 4.78. The van der Waals surface area contributed by atoms with Crippen molar-refractivity contribution in [2.24, 2.45) is 0 Å². The van der Waals surface area contributed by atoms with E-state index in [0.29, 0.717) is 6.61 Å². The Morgan fingerprint density at radius 2 is 1.62 bits per heavy atom. The molecule has 0 radical (unpaired) electrons. The van der Waals surface area contributed by atoms with Gasteiger partial charge in [0.1, 0.15) is 5.75 Å². The van der Waals surface area contributed by atoms with E-state index in [1.165, 1.54) is 24.8 Å². The van der Waals surface area contributed by atoms with Gasteiger partial charge in [-0.25, -0.2) is 0 Å². The van der Waals surface area contributed by atoms with E-state index in [1.807, 2.05) is 19.1 Å². The van der Waals surface area contributed by atoms with Gasteiger partial charge in [-0.05, 0) is 36.6 Å². The second-order valence-corrected chi connectivity index (χ2v) is 8.92. The Morgan fingerprint density at radius 1 is 0.938 bits per heavy atom. The van der Waals surface area contributed by atoms with Crippen molar-refractivity contribution in [3.05, 3.63) is 65.7 Å². The van der Waals surface area contributed by atoms with Crippen molar-refractivity contribution in [3.63, 3.8) is 0 Å². The zero-order chi connectivity index (χ0) is 22.7. The molecule has 4 heteroatoms. The van der Waals surface area contributed by atoms with Crippen LogP contribution >= 0.6 is 0 Å². The number of rotatable bonds is 13. The summed E-state index contributed by atoms with van der Waals surface area (Å²) in [6, 6.07) is 18.7. The molecule has 0 bridgehead atoms. The average Bonchev–Trinajstić information content (AvgIpc) is 2.84. The van der Waals surface area contributed by atoms with Crippen LogP contribution in [0.15, 0.2) is 54.6 Å². The van der Waals surface area contributed by atoms with E-state index in [9.17, 15) is 5.11 Å². The van der Waals surface area contributed by atoms with Gasteiger partial charge >= 0.3 is 0 Å². The summed E-state index contributed by atoms with van der Waals surface area (Å²) in [7, 11) is 0. The van der Waals surface area contributed by atoms with Crippen LogP contribution in [0.3, 0.4) is 0 Å². The minimum absolute atomic E-state index is 0.00841. The predicted octanol–water partition coefficient (Wildman–Crippen LogP) is 5.75. The lowest BCUT2D eigenvalue weighted by Crippen LogP contribution is -2.45. The standard InChI is InChI=1S/C28H41NO3/c1-3-5-6-7-11-18-28(30,25-14-16-26(17-15-25)32-4-2)27(24-12-9-8-10-13-24)23-29-19-21-31-22-20-29/h8-10,12-17,27,30H,3-7,11,18-23H2,1-2H3/t27-,28+/m1/s1. The van der Waals surface area contributed by atoms with Crippen LogP contribution in [-0.4, -0.2) is 49.5 Å². The molecule has 4 nitrogen and oxygen atoms in total. The van der Waals surface area contributed by atoms with Crippen LogP contribution in [0.5, 0.6) is 5.75 Å². The fourth-order valence-corrected chi connectivity index (χ4v) is 4.78. The third kappa shape index (κ3) is 6.81. The molecular formula is C28H41NO3. The Kier molecular flexibility index (Phi) is 10.0. The number of aliphatic hydroxyl groups is 1. The highest BCUT2D eigenvalue weighted by Gasteiger charge is 2.40. The highest BCUT2D eigenvalue weighted by Crippen LogP contribution is 2.42. The summed E-state index contributed by atoms with van der Waals surface area (Å²) in [4.78, 5) is 2.44. The minimum Gasteiger partial charge on any atom is -0.494 e. The smallest absolute Gasteiger partial charge is 0.119 e. The maximum Gasteiger partial charge on any atom is 0.119 e. The third-order valence-electron chi connectivity index (χ3n) is 6.65. The zero-order valence-electron chi connectivity index (χ0n) is 20.0. The monoisotopic (exact) mass is 439 g/mol. The molecule has 2 aromatic carbocycles. The molecule has 0 unspecified atom stereocenters. The van der Waals surface area contributed by atoms with Gasteiger partial charge in [-0.1, -0.05) is 81.5 Å². The molecule has 1 aliphatic heterocycles. The van der Waals surface area contributed by atoms with Crippen molar-refractivity contribution in [3.8, 4) is 5.75 Å². The number of morpholine rings is 1. The van der Waals surface area contributed by atoms with Crippen LogP contribution in [0, 0.1) is 0 Å². The van der Waals surface area contributed by atoms with Crippen molar-refractivity contribution < 1.29 is 14.6 Å². The molecular weight excluding hydrogens is 398 g/mol. The normalized spacial score (nSPS) is 17.6. The number of benzene rings is 2. The summed E-state index contributed by atoms with van der Waals surface area (Å²) >= 11 is 0. The molecule has 1 heterocycles. The first-order valence-electron chi connectivity index (χ1n) is 12.5. The van der Waals surface area contributed by atoms with Crippen molar-refractivity contribution in [1.82, 2.24) is 4.90 Å². The zero-order valence-corrected chi connectivity index (χ0v) is 20.0. The van der Waals surface area contributed by atoms with E-state index in [1.54, 1.807) is 0 Å². The lowest BCUT2D eigenvalue weighted by atomic mass is 9.73. The molecule has 0 amide bonds. The van der Waals surface area contributed by atoms with Crippen LogP contribution in [0.25, 0.3) is 0 Å². The Bertz CT molecular complexity index is 758. The van der Waals surface area contributed by atoms with Crippen molar-refractivity contribution >= 4 is 0 Å². The summed E-state index contributed by atoms with van der Waals surface area (Å²) in [5, 5.41) is 12.4. The lowest BCUT2D eigenvalue weighted by Gasteiger charge is -2.41. The van der Waals surface area contributed by atoms with E-state index < -0.39 is 5.60 Å². The predicted molar refractivity (Wildman–Crippen MR) is 131 cm³/mol. The molecule has 32 heavy (non-hydrogen) atoms. The molecule has 1 aliphatic rings. The first kappa shape index (κ1) is 24.8. The molecule has 0 aliphatic carbocycles. The topological polar surface area (TPSA) is 41.9 Å². The summed E-state index contributed by atoms with van der Waals surface area (Å²) in [5.74, 6) is 0.844. The first-order chi connectivity index (χ1) is 15.7. The van der Waals surface area contributed by atoms with Gasteiger partial charge in [0.25, 0.3) is 0 Å². The maximum absolute atomic E-state index is 12.4. The molecule has 176 valence electrons. The van der Waals surface area contributed by atoms with Crippen LogP contribution in [0.4, 0.5) is 0 Å². The summed E-state index contributed by atoms with van der Waals surface area (Å²) < 4.78 is 11.2. The largest absolute Gasteiger partial charge is 0.494 e. The van der Waals surface area contributed by atoms with Gasteiger partial charge in [-0.2, -0.15) is 0 Å². The molecule has 2 atom stereocenters. The van der Waals surface area contributed by atoms with Crippen LogP contribution in [-0.2, 0) is 10.3 Å². The van der Waals surface area contributed by atoms with Gasteiger partial charge in [0.15, 0.2) is 0 Å². The average molecular weight is 440 g/mol. The van der Waals surface area contributed by atoms with Crippen molar-refractivity contribution in [1.29, 1.82) is 0 Å². The third-order valence-corrected chi connectivity index (χ3v) is 6.65. The van der Waals surface area contributed by atoms with Crippen molar-refractivity contribution in [2.75, 3.05) is 39.5 Å².